The van der Waals surface area contributed by atoms with Crippen LogP contribution in [0.3, 0.4) is 0 Å². The van der Waals surface area contributed by atoms with Crippen molar-refractivity contribution in [1.29, 1.82) is 0 Å². The summed E-state index contributed by atoms with van der Waals surface area (Å²) in [5, 5.41) is 10.9. The van der Waals surface area contributed by atoms with Gasteiger partial charge in [-0.3, -0.25) is 24.1 Å². The Labute approximate surface area is 315 Å². The Morgan fingerprint density at radius 2 is 1.46 bits per heavy atom. The number of likely N-dealkylation sites (N-methyl/N-ethyl adjacent to an activating group) is 2. The largest absolute Gasteiger partial charge is 0.388 e. The lowest BCUT2D eigenvalue weighted by Gasteiger charge is -2.41. The summed E-state index contributed by atoms with van der Waals surface area (Å²) in [4.78, 5) is 61.1. The minimum Gasteiger partial charge on any atom is -0.388 e. The standard InChI is InChI=1S/C42H71N3O7/c1-14-28(6)39(44(11)42(50)32(26(2)3)24-35(47)38(27(4)5)43(9)10)36(51-12)25-37(48)45-22-18-21-33(45)41(52-13)30(8)34(46)23-29(7)40(49)31-19-16-15-17-20-31/h15-17,19-20,26-30,32-33,36,38-41,49H,14,18,21-25H2,1-13H3/t28-,29-,30-,32-,33-,36+,38-,39?,40+,41?/m0/s1. The van der Waals surface area contributed by atoms with Crippen molar-refractivity contribution in [3.05, 3.63) is 35.9 Å². The van der Waals surface area contributed by atoms with Gasteiger partial charge in [-0.15, -0.1) is 0 Å². The number of benzene rings is 1. The third kappa shape index (κ3) is 11.7. The Morgan fingerprint density at radius 1 is 0.846 bits per heavy atom. The molecule has 0 spiro atoms. The van der Waals surface area contributed by atoms with Crippen LogP contribution < -0.4 is 0 Å². The van der Waals surface area contributed by atoms with Crippen molar-refractivity contribution < 1.29 is 33.8 Å². The van der Waals surface area contributed by atoms with Crippen LogP contribution in [0.2, 0.25) is 0 Å². The number of carbonyl (C=O) groups is 4. The Morgan fingerprint density at radius 3 is 1.96 bits per heavy atom. The Hall–Kier alpha value is -2.66. The van der Waals surface area contributed by atoms with Gasteiger partial charge in [0.25, 0.3) is 0 Å². The zero-order valence-corrected chi connectivity index (χ0v) is 34.5. The fourth-order valence-electron chi connectivity index (χ4n) is 8.40. The number of nitrogens with zero attached hydrogens (tertiary/aromatic N) is 3. The van der Waals surface area contributed by atoms with Gasteiger partial charge in [-0.2, -0.15) is 0 Å². The first-order valence-corrected chi connectivity index (χ1v) is 19.5. The molecule has 0 radical (unpaired) electrons. The first kappa shape index (κ1) is 45.5. The van der Waals surface area contributed by atoms with E-state index in [2.05, 4.69) is 13.8 Å². The second kappa shape index (κ2) is 21.3. The van der Waals surface area contributed by atoms with E-state index in [0.29, 0.717) is 13.0 Å². The summed E-state index contributed by atoms with van der Waals surface area (Å²) in [6.45, 7) is 16.4. The highest BCUT2D eigenvalue weighted by Crippen LogP contribution is 2.32. The van der Waals surface area contributed by atoms with Crippen LogP contribution in [0.4, 0.5) is 0 Å². The molecule has 1 heterocycles. The summed E-state index contributed by atoms with van der Waals surface area (Å²) in [6, 6.07) is 8.40. The van der Waals surface area contributed by atoms with Crippen LogP contribution in [-0.2, 0) is 28.7 Å². The van der Waals surface area contributed by atoms with Gasteiger partial charge in [-0.1, -0.05) is 92.1 Å². The number of ether oxygens (including phenoxy) is 2. The number of aliphatic hydroxyl groups excluding tert-OH is 1. The summed E-state index contributed by atoms with van der Waals surface area (Å²) in [5.41, 5.74) is 0.777. The lowest BCUT2D eigenvalue weighted by Crippen LogP contribution is -2.54. The van der Waals surface area contributed by atoms with E-state index < -0.39 is 36.2 Å². The maximum atomic E-state index is 14.3. The minimum absolute atomic E-state index is 0.0103. The maximum absolute atomic E-state index is 14.3. The molecule has 2 rings (SSSR count). The maximum Gasteiger partial charge on any atom is 0.226 e. The number of methoxy groups -OCH3 is 2. The van der Waals surface area contributed by atoms with E-state index in [0.717, 1.165) is 18.4 Å². The van der Waals surface area contributed by atoms with Gasteiger partial charge in [-0.25, -0.2) is 0 Å². The van der Waals surface area contributed by atoms with Crippen LogP contribution in [-0.4, -0.2) is 115 Å². The molecule has 2 amide bonds. The van der Waals surface area contributed by atoms with Gasteiger partial charge in [0, 0.05) is 52.5 Å². The van der Waals surface area contributed by atoms with Gasteiger partial charge in [0.1, 0.15) is 5.78 Å². The van der Waals surface area contributed by atoms with E-state index in [1.807, 2.05) is 95.8 Å². The summed E-state index contributed by atoms with van der Waals surface area (Å²) in [7, 11) is 8.76. The molecule has 0 aliphatic carbocycles. The highest BCUT2D eigenvalue weighted by Gasteiger charge is 2.43. The molecule has 1 saturated heterocycles. The number of amides is 2. The predicted octanol–water partition coefficient (Wildman–Crippen LogP) is 6.05. The highest BCUT2D eigenvalue weighted by atomic mass is 16.5. The van der Waals surface area contributed by atoms with E-state index in [9.17, 15) is 24.3 Å². The zero-order chi connectivity index (χ0) is 39.4. The predicted molar refractivity (Wildman–Crippen MR) is 207 cm³/mol. The van der Waals surface area contributed by atoms with Gasteiger partial charge in [0.05, 0.1) is 42.9 Å². The topological polar surface area (TPSA) is 117 Å². The fraction of sp³-hybridized carbons (Fsp3) is 0.762. The molecule has 296 valence electrons. The highest BCUT2D eigenvalue weighted by molar-refractivity contribution is 5.90. The summed E-state index contributed by atoms with van der Waals surface area (Å²) >= 11 is 0. The molecule has 0 bridgehead atoms. The van der Waals surface area contributed by atoms with E-state index in [4.69, 9.17) is 9.47 Å². The number of hydrogen-bond donors (Lipinski definition) is 1. The Bertz CT molecular complexity index is 1260. The molecule has 1 aliphatic heterocycles. The number of hydrogen-bond acceptors (Lipinski definition) is 8. The molecule has 1 N–H and O–H groups in total. The summed E-state index contributed by atoms with van der Waals surface area (Å²) < 4.78 is 12.0. The Kier molecular flexibility index (Phi) is 18.6. The SMILES string of the molecule is CC[C@H](C)C([C@@H](CC(=O)N1CCC[C@H]1C(OC)[C@@H](C)C(=O)C[C@H](C)[C@@H](O)c1ccccc1)OC)N(C)C(=O)[C@@H](CC(=O)[C@H](C(C)C)N(C)C)C(C)C. The molecule has 1 fully saturated rings. The molecule has 1 aliphatic rings. The average molecular weight is 730 g/mol. The van der Waals surface area contributed by atoms with Crippen LogP contribution in [0.1, 0.15) is 106 Å². The lowest BCUT2D eigenvalue weighted by atomic mass is 9.83. The third-order valence-corrected chi connectivity index (χ3v) is 11.6. The monoisotopic (exact) mass is 730 g/mol. The summed E-state index contributed by atoms with van der Waals surface area (Å²) in [5.74, 6) is -1.35. The van der Waals surface area contributed by atoms with Crippen molar-refractivity contribution >= 4 is 23.4 Å². The normalized spacial score (nSPS) is 20.2. The molecule has 10 nitrogen and oxygen atoms in total. The van der Waals surface area contributed by atoms with Crippen LogP contribution in [0.25, 0.3) is 0 Å². The molecule has 10 heteroatoms. The Balaban J connectivity index is 2.25. The number of ketones is 2. The fourth-order valence-corrected chi connectivity index (χ4v) is 8.40. The van der Waals surface area contributed by atoms with Gasteiger partial charge in [0.2, 0.25) is 11.8 Å². The molecule has 1 aromatic rings. The molecule has 1 aromatic carbocycles. The number of Topliss-reactive ketones (excluding diaryl/α,β-unsaturated/α-hetero) is 2. The van der Waals surface area contributed by atoms with Crippen LogP contribution in [0.15, 0.2) is 30.3 Å². The zero-order valence-electron chi connectivity index (χ0n) is 34.5. The first-order chi connectivity index (χ1) is 24.4. The number of carbonyl (C=O) groups excluding carboxylic acids is 4. The molecule has 2 unspecified atom stereocenters. The van der Waals surface area contributed by atoms with Gasteiger partial charge in [-0.05, 0) is 56.2 Å². The molecular formula is C42H71N3O7. The van der Waals surface area contributed by atoms with Crippen molar-refractivity contribution in [2.45, 2.75) is 130 Å². The molecule has 10 atom stereocenters. The van der Waals surface area contributed by atoms with Crippen molar-refractivity contribution in [2.24, 2.45) is 35.5 Å². The number of rotatable bonds is 22. The van der Waals surface area contributed by atoms with E-state index in [1.165, 1.54) is 0 Å². The molecule has 52 heavy (non-hydrogen) atoms. The molecule has 0 aromatic heterocycles. The first-order valence-electron chi connectivity index (χ1n) is 19.5. The van der Waals surface area contributed by atoms with Crippen LogP contribution >= 0.6 is 0 Å². The number of aliphatic hydroxyl groups is 1. The van der Waals surface area contributed by atoms with Gasteiger partial charge in [0.15, 0.2) is 5.78 Å². The van der Waals surface area contributed by atoms with Crippen molar-refractivity contribution in [3.63, 3.8) is 0 Å². The van der Waals surface area contributed by atoms with E-state index in [1.54, 1.807) is 26.2 Å². The van der Waals surface area contributed by atoms with Crippen molar-refractivity contribution in [3.8, 4) is 0 Å². The minimum atomic E-state index is -0.761. The summed E-state index contributed by atoms with van der Waals surface area (Å²) in [6.07, 6.45) is 0.847. The smallest absolute Gasteiger partial charge is 0.226 e. The molecular weight excluding hydrogens is 658 g/mol. The second-order valence-electron chi connectivity index (χ2n) is 16.3. The molecule has 0 saturated carbocycles. The van der Waals surface area contributed by atoms with Gasteiger partial charge < -0.3 is 24.4 Å². The average Bonchev–Trinajstić information content (AvgIpc) is 3.59. The lowest BCUT2D eigenvalue weighted by molar-refractivity contribution is -0.149. The number of likely N-dealkylation sites (tertiary alicyclic amines) is 1. The van der Waals surface area contributed by atoms with Crippen LogP contribution in [0.5, 0.6) is 0 Å². The second-order valence-corrected chi connectivity index (χ2v) is 16.3. The van der Waals surface area contributed by atoms with Crippen LogP contribution in [0, 0.1) is 35.5 Å². The third-order valence-electron chi connectivity index (χ3n) is 11.6. The van der Waals surface area contributed by atoms with Crippen molar-refractivity contribution in [2.75, 3.05) is 41.9 Å². The van der Waals surface area contributed by atoms with Crippen molar-refractivity contribution in [1.82, 2.24) is 14.7 Å². The van der Waals surface area contributed by atoms with E-state index >= 15 is 0 Å². The van der Waals surface area contributed by atoms with E-state index in [-0.39, 0.29) is 78.4 Å². The quantitative estimate of drug-likeness (QED) is 0.153. The van der Waals surface area contributed by atoms with Gasteiger partial charge >= 0.3 is 0 Å².